The maximum absolute atomic E-state index is 12.0. The third kappa shape index (κ3) is 4.32. The van der Waals surface area contributed by atoms with Crippen LogP contribution < -0.4 is 10.6 Å². The normalized spacial score (nSPS) is 12.7. The van der Waals surface area contributed by atoms with E-state index in [9.17, 15) is 9.90 Å². The highest BCUT2D eigenvalue weighted by molar-refractivity contribution is 5.88. The molecule has 1 atom stereocenters. The molecule has 3 N–H and O–H groups in total. The van der Waals surface area contributed by atoms with Crippen molar-refractivity contribution in [2.75, 3.05) is 11.9 Å². The van der Waals surface area contributed by atoms with Gasteiger partial charge >= 0.3 is 6.03 Å². The molecule has 0 fully saturated rings. The van der Waals surface area contributed by atoms with E-state index >= 15 is 0 Å². The number of carbonyl (C=O) groups is 1. The largest absolute Gasteiger partial charge is 0.391 e. The number of hydrogen-bond donors (Lipinski definition) is 3. The van der Waals surface area contributed by atoms with Crippen molar-refractivity contribution in [2.24, 2.45) is 5.41 Å². The van der Waals surface area contributed by atoms with Crippen molar-refractivity contribution in [3.05, 3.63) is 42.1 Å². The number of nitrogens with zero attached hydrogens (tertiary/aromatic N) is 2. The van der Waals surface area contributed by atoms with E-state index in [1.54, 1.807) is 16.9 Å². The van der Waals surface area contributed by atoms with Crippen LogP contribution >= 0.6 is 0 Å². The first-order valence-electron chi connectivity index (χ1n) is 7.62. The third-order valence-corrected chi connectivity index (χ3v) is 3.68. The fourth-order valence-corrected chi connectivity index (χ4v) is 2.05. The van der Waals surface area contributed by atoms with E-state index in [0.717, 1.165) is 11.3 Å². The number of nitrogens with one attached hydrogen (secondary N) is 2. The zero-order valence-electron chi connectivity index (χ0n) is 14.0. The minimum atomic E-state index is -0.616. The molecule has 0 bridgehead atoms. The van der Waals surface area contributed by atoms with Gasteiger partial charge in [0.05, 0.1) is 18.0 Å². The molecule has 1 aromatic carbocycles. The van der Waals surface area contributed by atoms with Crippen LogP contribution in [0, 0.1) is 12.3 Å². The number of anilines is 1. The van der Waals surface area contributed by atoms with E-state index in [4.69, 9.17) is 0 Å². The summed E-state index contributed by atoms with van der Waals surface area (Å²) in [5.74, 6) is 0.571. The number of carbonyl (C=O) groups excluding carboxylic acids is 1. The van der Waals surface area contributed by atoms with Crippen molar-refractivity contribution < 1.29 is 9.90 Å². The van der Waals surface area contributed by atoms with Gasteiger partial charge in [0.1, 0.15) is 5.82 Å². The molecule has 23 heavy (non-hydrogen) atoms. The molecule has 124 valence electrons. The van der Waals surface area contributed by atoms with Crippen molar-refractivity contribution in [1.82, 2.24) is 15.1 Å². The topological polar surface area (TPSA) is 79.2 Å². The highest BCUT2D eigenvalue weighted by Gasteiger charge is 2.22. The van der Waals surface area contributed by atoms with Crippen molar-refractivity contribution >= 4 is 11.8 Å². The molecule has 1 unspecified atom stereocenters. The molecule has 1 heterocycles. The lowest BCUT2D eigenvalue weighted by atomic mass is 9.89. The average Bonchev–Trinajstić information content (AvgIpc) is 2.92. The highest BCUT2D eigenvalue weighted by Crippen LogP contribution is 2.19. The van der Waals surface area contributed by atoms with Crippen LogP contribution in [0.1, 0.15) is 26.3 Å². The van der Waals surface area contributed by atoms with Crippen LogP contribution in [0.2, 0.25) is 0 Å². The summed E-state index contributed by atoms with van der Waals surface area (Å²) in [5, 5.41) is 19.7. The summed E-state index contributed by atoms with van der Waals surface area (Å²) in [4.78, 5) is 12.0. The van der Waals surface area contributed by atoms with E-state index in [-0.39, 0.29) is 18.0 Å². The number of aryl methyl sites for hydroxylation is 1. The number of amides is 2. The summed E-state index contributed by atoms with van der Waals surface area (Å²) < 4.78 is 1.68. The fourth-order valence-electron chi connectivity index (χ4n) is 2.05. The number of benzene rings is 1. The number of para-hydroxylation sites is 1. The van der Waals surface area contributed by atoms with Crippen LogP contribution in [-0.4, -0.2) is 33.6 Å². The Morgan fingerprint density at radius 2 is 2.00 bits per heavy atom. The molecule has 0 saturated heterocycles. The van der Waals surface area contributed by atoms with Gasteiger partial charge in [0.15, 0.2) is 0 Å². The maximum atomic E-state index is 12.0. The quantitative estimate of drug-likeness (QED) is 0.811. The van der Waals surface area contributed by atoms with E-state index in [2.05, 4.69) is 15.7 Å². The van der Waals surface area contributed by atoms with Crippen LogP contribution in [0.3, 0.4) is 0 Å². The number of aliphatic hydroxyl groups excluding tert-OH is 1. The maximum Gasteiger partial charge on any atom is 0.320 e. The second-order valence-electron chi connectivity index (χ2n) is 6.63. The lowest BCUT2D eigenvalue weighted by Crippen LogP contribution is -2.41. The SMILES string of the molecule is Cc1ccccc1-n1nccc1NC(=O)NCC(O)C(C)(C)C. The summed E-state index contributed by atoms with van der Waals surface area (Å²) >= 11 is 0. The second kappa shape index (κ2) is 6.83. The van der Waals surface area contributed by atoms with Gasteiger partial charge in [-0.25, -0.2) is 9.48 Å². The summed E-state index contributed by atoms with van der Waals surface area (Å²) in [6.07, 6.45) is 1.01. The van der Waals surface area contributed by atoms with Gasteiger partial charge in [-0.15, -0.1) is 0 Å². The van der Waals surface area contributed by atoms with E-state index in [1.807, 2.05) is 52.0 Å². The fraction of sp³-hybridized carbons (Fsp3) is 0.412. The van der Waals surface area contributed by atoms with Crippen molar-refractivity contribution in [3.8, 4) is 5.69 Å². The minimum absolute atomic E-state index is 0.188. The predicted octanol–water partition coefficient (Wildman–Crippen LogP) is 2.71. The molecule has 2 rings (SSSR count). The molecule has 0 saturated carbocycles. The van der Waals surface area contributed by atoms with E-state index < -0.39 is 6.10 Å². The van der Waals surface area contributed by atoms with Crippen LogP contribution in [0.4, 0.5) is 10.6 Å². The van der Waals surface area contributed by atoms with Gasteiger partial charge < -0.3 is 10.4 Å². The first-order chi connectivity index (χ1) is 10.8. The molecule has 1 aromatic heterocycles. The molecule has 0 aliphatic rings. The Balaban J connectivity index is 2.04. The van der Waals surface area contributed by atoms with E-state index in [0.29, 0.717) is 5.82 Å². The number of aliphatic hydroxyl groups is 1. The average molecular weight is 316 g/mol. The number of urea groups is 1. The van der Waals surface area contributed by atoms with Gasteiger partial charge in [0.25, 0.3) is 0 Å². The summed E-state index contributed by atoms with van der Waals surface area (Å²) in [5.41, 5.74) is 1.68. The van der Waals surface area contributed by atoms with Crippen LogP contribution in [0.5, 0.6) is 0 Å². The first kappa shape index (κ1) is 17.0. The highest BCUT2D eigenvalue weighted by atomic mass is 16.3. The molecule has 0 aliphatic carbocycles. The molecule has 6 nitrogen and oxygen atoms in total. The molecule has 2 amide bonds. The smallest absolute Gasteiger partial charge is 0.320 e. The molecule has 2 aromatic rings. The standard InChI is InChI=1S/C17H24N4O2/c1-12-7-5-6-8-13(12)21-15(9-10-19-21)20-16(23)18-11-14(22)17(2,3)4/h5-10,14,22H,11H2,1-4H3,(H2,18,20,23). The Morgan fingerprint density at radius 1 is 1.30 bits per heavy atom. The molecule has 6 heteroatoms. The van der Waals surface area contributed by atoms with Gasteiger partial charge in [-0.05, 0) is 24.0 Å². The first-order valence-corrected chi connectivity index (χ1v) is 7.62. The zero-order chi connectivity index (χ0) is 17.0. The molecule has 0 spiro atoms. The summed E-state index contributed by atoms with van der Waals surface area (Å²) in [6.45, 7) is 7.94. The lowest BCUT2D eigenvalue weighted by molar-refractivity contribution is 0.0654. The summed E-state index contributed by atoms with van der Waals surface area (Å²) in [6, 6.07) is 9.16. The Hall–Kier alpha value is -2.34. The number of aromatic nitrogens is 2. The lowest BCUT2D eigenvalue weighted by Gasteiger charge is -2.25. The Labute approximate surface area is 136 Å². The zero-order valence-corrected chi connectivity index (χ0v) is 14.0. The molecule has 0 radical (unpaired) electrons. The third-order valence-electron chi connectivity index (χ3n) is 3.68. The van der Waals surface area contributed by atoms with Crippen LogP contribution in [-0.2, 0) is 0 Å². The summed E-state index contributed by atoms with van der Waals surface area (Å²) in [7, 11) is 0. The van der Waals surface area contributed by atoms with Gasteiger partial charge in [0.2, 0.25) is 0 Å². The Kier molecular flexibility index (Phi) is 5.05. The van der Waals surface area contributed by atoms with Crippen LogP contribution in [0.15, 0.2) is 36.5 Å². The number of rotatable bonds is 4. The number of hydrogen-bond acceptors (Lipinski definition) is 3. The van der Waals surface area contributed by atoms with Gasteiger partial charge in [-0.2, -0.15) is 5.10 Å². The van der Waals surface area contributed by atoms with E-state index in [1.165, 1.54) is 0 Å². The van der Waals surface area contributed by atoms with Gasteiger partial charge in [0, 0.05) is 12.6 Å². The second-order valence-corrected chi connectivity index (χ2v) is 6.63. The minimum Gasteiger partial charge on any atom is -0.391 e. The van der Waals surface area contributed by atoms with Crippen molar-refractivity contribution in [3.63, 3.8) is 0 Å². The molecular weight excluding hydrogens is 292 g/mol. The van der Waals surface area contributed by atoms with Crippen molar-refractivity contribution in [1.29, 1.82) is 0 Å². The van der Waals surface area contributed by atoms with Crippen molar-refractivity contribution in [2.45, 2.75) is 33.8 Å². The van der Waals surface area contributed by atoms with Gasteiger partial charge in [-0.3, -0.25) is 5.32 Å². The van der Waals surface area contributed by atoms with Gasteiger partial charge in [-0.1, -0.05) is 39.0 Å². The predicted molar refractivity (Wildman–Crippen MR) is 90.8 cm³/mol. The molecule has 0 aliphatic heterocycles. The molecular formula is C17H24N4O2. The Morgan fingerprint density at radius 3 is 2.65 bits per heavy atom. The van der Waals surface area contributed by atoms with Crippen LogP contribution in [0.25, 0.3) is 5.69 Å². The Bertz CT molecular complexity index is 673. The monoisotopic (exact) mass is 316 g/mol.